The average molecular weight is 335 g/mol. The van der Waals surface area contributed by atoms with Crippen LogP contribution in [0.15, 0.2) is 43.0 Å². The average Bonchev–Trinajstić information content (AvgIpc) is 2.65. The van der Waals surface area contributed by atoms with Crippen molar-refractivity contribution in [3.05, 3.63) is 48.5 Å². The Labute approximate surface area is 147 Å². The third-order valence-electron chi connectivity index (χ3n) is 5.93. The van der Waals surface area contributed by atoms with Gasteiger partial charge < -0.3 is 9.64 Å². The molecule has 0 aromatic carbocycles. The van der Waals surface area contributed by atoms with Crippen LogP contribution in [0.2, 0.25) is 0 Å². The molecule has 25 heavy (non-hydrogen) atoms. The Morgan fingerprint density at radius 2 is 1.76 bits per heavy atom. The first-order valence-corrected chi connectivity index (χ1v) is 9.05. The summed E-state index contributed by atoms with van der Waals surface area (Å²) < 4.78 is 5.99. The summed E-state index contributed by atoms with van der Waals surface area (Å²) in [6, 6.07) is 5.70. The summed E-state index contributed by atoms with van der Waals surface area (Å²) >= 11 is 0. The first-order chi connectivity index (χ1) is 12.3. The Morgan fingerprint density at radius 1 is 1.00 bits per heavy atom. The minimum absolute atomic E-state index is 0.0740. The monoisotopic (exact) mass is 335 g/mol. The number of carbonyl (C=O) groups excluding carboxylic acids is 1. The van der Waals surface area contributed by atoms with Crippen LogP contribution in [0, 0.1) is 17.8 Å². The number of esters is 1. The minimum Gasteiger partial charge on any atom is -0.458 e. The van der Waals surface area contributed by atoms with E-state index in [2.05, 4.69) is 14.9 Å². The zero-order valence-corrected chi connectivity index (χ0v) is 14.0. The van der Waals surface area contributed by atoms with Crippen LogP contribution in [-0.2, 0) is 4.74 Å². The third-order valence-corrected chi connectivity index (χ3v) is 5.93. The normalized spacial score (nSPS) is 32.6. The van der Waals surface area contributed by atoms with Crippen LogP contribution in [0.3, 0.4) is 0 Å². The molecule has 0 radical (unpaired) electrons. The molecular formula is C20H21N3O2. The van der Waals surface area contributed by atoms with Crippen molar-refractivity contribution in [3.8, 4) is 11.1 Å². The van der Waals surface area contributed by atoms with Gasteiger partial charge in [-0.25, -0.2) is 4.79 Å². The summed E-state index contributed by atoms with van der Waals surface area (Å²) in [5.74, 6) is 1.58. The van der Waals surface area contributed by atoms with Crippen molar-refractivity contribution in [2.24, 2.45) is 17.8 Å². The van der Waals surface area contributed by atoms with E-state index in [9.17, 15) is 4.79 Å². The SMILES string of the molecule is O=C(OC1[C@H]2CC3C[C@H]1CN(C3)C2)c1cncc(-c2ccncc2)c1. The molecule has 2 aromatic heterocycles. The molecule has 3 aliphatic heterocycles. The highest BCUT2D eigenvalue weighted by Crippen LogP contribution is 2.44. The van der Waals surface area contributed by atoms with E-state index in [0.29, 0.717) is 17.4 Å². The van der Waals surface area contributed by atoms with Gasteiger partial charge in [0.2, 0.25) is 0 Å². The lowest BCUT2D eigenvalue weighted by Crippen LogP contribution is -2.60. The van der Waals surface area contributed by atoms with Crippen molar-refractivity contribution >= 4 is 5.97 Å². The van der Waals surface area contributed by atoms with E-state index in [4.69, 9.17) is 4.74 Å². The van der Waals surface area contributed by atoms with Gasteiger partial charge in [-0.1, -0.05) is 0 Å². The molecular weight excluding hydrogens is 314 g/mol. The number of ether oxygens (including phenoxy) is 1. The molecule has 2 aromatic rings. The number of nitrogens with zero attached hydrogens (tertiary/aromatic N) is 3. The molecule has 0 spiro atoms. The highest BCUT2D eigenvalue weighted by Gasteiger charge is 2.49. The number of hydrogen-bond donors (Lipinski definition) is 0. The van der Waals surface area contributed by atoms with Crippen molar-refractivity contribution in [1.29, 1.82) is 0 Å². The van der Waals surface area contributed by atoms with Crippen molar-refractivity contribution in [2.75, 3.05) is 19.6 Å². The molecule has 4 aliphatic rings. The van der Waals surface area contributed by atoms with E-state index in [0.717, 1.165) is 30.1 Å². The third kappa shape index (κ3) is 2.72. The summed E-state index contributed by atoms with van der Waals surface area (Å²) in [5.41, 5.74) is 2.44. The maximum atomic E-state index is 12.7. The maximum absolute atomic E-state index is 12.7. The molecule has 2 atom stereocenters. The summed E-state index contributed by atoms with van der Waals surface area (Å²) in [6.45, 7) is 3.41. The molecule has 4 fully saturated rings. The number of carbonyl (C=O) groups is 1. The Balaban J connectivity index is 1.35. The molecule has 0 amide bonds. The number of aromatic nitrogens is 2. The van der Waals surface area contributed by atoms with Crippen LogP contribution in [0.4, 0.5) is 0 Å². The molecule has 0 N–H and O–H groups in total. The Hall–Kier alpha value is -2.27. The van der Waals surface area contributed by atoms with Crippen molar-refractivity contribution in [3.63, 3.8) is 0 Å². The standard InChI is InChI=1S/C20H21N3O2/c24-20(16-7-15(8-22-9-16)14-1-3-21-4-2-14)25-19-17-5-13-6-18(19)12-23(10-13)11-17/h1-4,7-9,13,17-19H,5-6,10-12H2/t13?,17-,18-,19?/m0/s1. The van der Waals surface area contributed by atoms with Gasteiger partial charge in [-0.2, -0.15) is 0 Å². The van der Waals surface area contributed by atoms with Crippen LogP contribution in [0.5, 0.6) is 0 Å². The van der Waals surface area contributed by atoms with Gasteiger partial charge in [0, 0.05) is 61.8 Å². The molecule has 1 aliphatic carbocycles. The van der Waals surface area contributed by atoms with Crippen molar-refractivity contribution < 1.29 is 9.53 Å². The zero-order valence-electron chi connectivity index (χ0n) is 14.0. The second-order valence-electron chi connectivity index (χ2n) is 7.64. The summed E-state index contributed by atoms with van der Waals surface area (Å²) in [7, 11) is 0. The fourth-order valence-corrected chi connectivity index (χ4v) is 5.00. The molecule has 3 saturated heterocycles. The smallest absolute Gasteiger partial charge is 0.340 e. The lowest BCUT2D eigenvalue weighted by molar-refractivity contribution is -0.116. The molecule has 0 unspecified atom stereocenters. The summed E-state index contributed by atoms with van der Waals surface area (Å²) in [5, 5.41) is 0. The predicted octanol–water partition coefficient (Wildman–Crippen LogP) is 2.64. The van der Waals surface area contributed by atoms with Crippen LogP contribution in [-0.4, -0.2) is 46.6 Å². The highest BCUT2D eigenvalue weighted by molar-refractivity contribution is 5.90. The Bertz CT molecular complexity index is 765. The lowest BCUT2D eigenvalue weighted by Gasteiger charge is -2.55. The van der Waals surface area contributed by atoms with Gasteiger partial charge in [-0.05, 0) is 42.5 Å². The van der Waals surface area contributed by atoms with E-state index in [1.807, 2.05) is 18.2 Å². The van der Waals surface area contributed by atoms with E-state index in [1.165, 1.54) is 19.4 Å². The molecule has 5 nitrogen and oxygen atoms in total. The highest BCUT2D eigenvalue weighted by atomic mass is 16.5. The van der Waals surface area contributed by atoms with Gasteiger partial charge in [0.05, 0.1) is 5.56 Å². The van der Waals surface area contributed by atoms with Gasteiger partial charge in [-0.3, -0.25) is 9.97 Å². The fraction of sp³-hybridized carbons (Fsp3) is 0.450. The van der Waals surface area contributed by atoms with Crippen molar-refractivity contribution in [2.45, 2.75) is 18.9 Å². The topological polar surface area (TPSA) is 55.3 Å². The number of rotatable bonds is 3. The lowest BCUT2D eigenvalue weighted by atomic mass is 9.66. The molecule has 4 bridgehead atoms. The van der Waals surface area contributed by atoms with Crippen LogP contribution < -0.4 is 0 Å². The molecule has 6 rings (SSSR count). The van der Waals surface area contributed by atoms with E-state index >= 15 is 0 Å². The number of hydrogen-bond acceptors (Lipinski definition) is 5. The van der Waals surface area contributed by atoms with Crippen LogP contribution >= 0.6 is 0 Å². The number of pyridine rings is 2. The summed E-state index contributed by atoms with van der Waals surface area (Å²) in [6.07, 6.45) is 9.34. The van der Waals surface area contributed by atoms with Gasteiger partial charge in [-0.15, -0.1) is 0 Å². The summed E-state index contributed by atoms with van der Waals surface area (Å²) in [4.78, 5) is 23.5. The second-order valence-corrected chi connectivity index (χ2v) is 7.64. The zero-order chi connectivity index (χ0) is 16.8. The Morgan fingerprint density at radius 3 is 2.48 bits per heavy atom. The van der Waals surface area contributed by atoms with Gasteiger partial charge in [0.1, 0.15) is 6.10 Å². The van der Waals surface area contributed by atoms with E-state index in [1.54, 1.807) is 24.8 Å². The van der Waals surface area contributed by atoms with Gasteiger partial charge in [0.25, 0.3) is 0 Å². The largest absolute Gasteiger partial charge is 0.458 e. The quantitative estimate of drug-likeness (QED) is 0.807. The number of piperidine rings is 3. The molecule has 5 heteroatoms. The van der Waals surface area contributed by atoms with Crippen LogP contribution in [0.25, 0.3) is 11.1 Å². The first kappa shape index (κ1) is 15.0. The second kappa shape index (κ2) is 5.92. The molecule has 5 heterocycles. The van der Waals surface area contributed by atoms with E-state index in [-0.39, 0.29) is 12.1 Å². The minimum atomic E-state index is -0.240. The molecule has 128 valence electrons. The van der Waals surface area contributed by atoms with E-state index < -0.39 is 0 Å². The maximum Gasteiger partial charge on any atom is 0.340 e. The predicted molar refractivity (Wildman–Crippen MR) is 92.8 cm³/mol. The first-order valence-electron chi connectivity index (χ1n) is 9.05. The van der Waals surface area contributed by atoms with Gasteiger partial charge in [0.15, 0.2) is 0 Å². The fourth-order valence-electron chi connectivity index (χ4n) is 5.00. The Kier molecular flexibility index (Phi) is 3.55. The van der Waals surface area contributed by atoms with Gasteiger partial charge >= 0.3 is 5.97 Å². The van der Waals surface area contributed by atoms with Crippen molar-refractivity contribution in [1.82, 2.24) is 14.9 Å². The van der Waals surface area contributed by atoms with Crippen LogP contribution in [0.1, 0.15) is 23.2 Å². The molecule has 1 saturated carbocycles.